The van der Waals surface area contributed by atoms with Gasteiger partial charge in [-0.05, 0) is 61.9 Å². The summed E-state index contributed by atoms with van der Waals surface area (Å²) < 4.78 is 10.4. The number of esters is 1. The Hall–Kier alpha value is -2.90. The molecule has 6 nitrogen and oxygen atoms in total. The number of nitrogens with zero attached hydrogens (tertiary/aromatic N) is 1. The average molecular weight is 431 g/mol. The summed E-state index contributed by atoms with van der Waals surface area (Å²) in [5.74, 6) is -0.00385. The third-order valence-corrected chi connectivity index (χ3v) is 5.50. The molecule has 0 fully saturated rings. The number of methoxy groups -OCH3 is 1. The van der Waals surface area contributed by atoms with Crippen molar-refractivity contribution in [1.29, 1.82) is 0 Å². The fraction of sp³-hybridized carbons (Fsp3) is 0.190. The van der Waals surface area contributed by atoms with Crippen molar-refractivity contribution < 1.29 is 19.1 Å². The minimum atomic E-state index is -0.422. The molecule has 3 aromatic rings. The number of anilines is 1. The third kappa shape index (κ3) is 5.13. The molecule has 0 radical (unpaired) electrons. The molecule has 0 aliphatic heterocycles. The number of carbonyl (C=O) groups is 2. The van der Waals surface area contributed by atoms with E-state index in [9.17, 15) is 9.59 Å². The van der Waals surface area contributed by atoms with E-state index < -0.39 is 5.97 Å². The van der Waals surface area contributed by atoms with Crippen LogP contribution in [0.2, 0.25) is 5.02 Å². The summed E-state index contributed by atoms with van der Waals surface area (Å²) in [6, 6.07) is 12.0. The third-order valence-electron chi connectivity index (χ3n) is 4.12. The van der Waals surface area contributed by atoms with Gasteiger partial charge in [0.1, 0.15) is 22.2 Å². The van der Waals surface area contributed by atoms with E-state index >= 15 is 0 Å². The van der Waals surface area contributed by atoms with Gasteiger partial charge in [-0.3, -0.25) is 4.79 Å². The van der Waals surface area contributed by atoms with Gasteiger partial charge in [0, 0.05) is 10.7 Å². The zero-order chi connectivity index (χ0) is 21.0. The lowest BCUT2D eigenvalue weighted by atomic mass is 10.1. The van der Waals surface area contributed by atoms with E-state index in [2.05, 4.69) is 10.3 Å². The fourth-order valence-corrected chi connectivity index (χ4v) is 3.63. The van der Waals surface area contributed by atoms with Gasteiger partial charge in [-0.15, -0.1) is 11.3 Å². The lowest BCUT2D eigenvalue weighted by Gasteiger charge is -2.09. The topological polar surface area (TPSA) is 77.5 Å². The molecule has 0 unspecified atom stereocenters. The van der Waals surface area contributed by atoms with Crippen molar-refractivity contribution in [3.8, 4) is 5.75 Å². The highest BCUT2D eigenvalue weighted by Gasteiger charge is 2.17. The second-order valence-electron chi connectivity index (χ2n) is 6.24. The van der Waals surface area contributed by atoms with E-state index in [1.54, 1.807) is 49.4 Å². The molecule has 1 amide bonds. The number of ether oxygens (including phenoxy) is 2. The van der Waals surface area contributed by atoms with E-state index in [1.807, 2.05) is 6.92 Å². The molecule has 0 saturated carbocycles. The zero-order valence-electron chi connectivity index (χ0n) is 16.1. The maximum Gasteiger partial charge on any atom is 0.337 e. The second-order valence-corrected chi connectivity index (χ2v) is 7.76. The largest absolute Gasteiger partial charge is 0.486 e. The maximum absolute atomic E-state index is 12.7. The van der Waals surface area contributed by atoms with Crippen LogP contribution in [0, 0.1) is 13.8 Å². The Kier molecular flexibility index (Phi) is 6.51. The van der Waals surface area contributed by atoms with Crippen molar-refractivity contribution >= 4 is 40.5 Å². The van der Waals surface area contributed by atoms with Crippen molar-refractivity contribution in [3.63, 3.8) is 0 Å². The van der Waals surface area contributed by atoms with Gasteiger partial charge in [0.05, 0.1) is 18.4 Å². The smallest absolute Gasteiger partial charge is 0.337 e. The van der Waals surface area contributed by atoms with Crippen molar-refractivity contribution in [2.45, 2.75) is 20.5 Å². The lowest BCUT2D eigenvalue weighted by molar-refractivity contribution is 0.0600. The number of aromatic nitrogens is 1. The summed E-state index contributed by atoms with van der Waals surface area (Å²) in [6.45, 7) is 3.85. The molecule has 0 saturated heterocycles. The van der Waals surface area contributed by atoms with Gasteiger partial charge in [0.15, 0.2) is 0 Å². The highest BCUT2D eigenvalue weighted by Crippen LogP contribution is 2.24. The Labute approximate surface area is 177 Å². The van der Waals surface area contributed by atoms with Crippen LogP contribution in [0.1, 0.15) is 36.3 Å². The normalized spacial score (nSPS) is 10.5. The van der Waals surface area contributed by atoms with Crippen LogP contribution in [0.5, 0.6) is 5.75 Å². The Bertz CT molecular complexity index is 1050. The Morgan fingerprint density at radius 3 is 2.52 bits per heavy atom. The van der Waals surface area contributed by atoms with Crippen LogP contribution in [0.4, 0.5) is 5.69 Å². The standard InChI is InChI=1S/C21H19ClN2O4S/c1-12-10-14(21(26)27-3)4-9-17(12)24-20(25)19-13(2)23-18(29-19)11-28-16-7-5-15(22)6-8-16/h4-10H,11H2,1-3H3,(H,24,25). The van der Waals surface area contributed by atoms with Crippen molar-refractivity contribution in [2.24, 2.45) is 0 Å². The van der Waals surface area contributed by atoms with E-state index in [1.165, 1.54) is 18.4 Å². The van der Waals surface area contributed by atoms with Crippen LogP contribution in [0.25, 0.3) is 0 Å². The van der Waals surface area contributed by atoms with Gasteiger partial charge < -0.3 is 14.8 Å². The quantitative estimate of drug-likeness (QED) is 0.555. The summed E-state index contributed by atoms with van der Waals surface area (Å²) in [7, 11) is 1.33. The summed E-state index contributed by atoms with van der Waals surface area (Å²) in [5.41, 5.74) is 2.44. The number of amides is 1. The average Bonchev–Trinajstić information content (AvgIpc) is 3.09. The minimum Gasteiger partial charge on any atom is -0.486 e. The van der Waals surface area contributed by atoms with Crippen molar-refractivity contribution in [1.82, 2.24) is 4.98 Å². The van der Waals surface area contributed by atoms with Gasteiger partial charge in [0.2, 0.25) is 0 Å². The first kappa shape index (κ1) is 20.8. The highest BCUT2D eigenvalue weighted by molar-refractivity contribution is 7.13. The van der Waals surface area contributed by atoms with Crippen LogP contribution in [-0.2, 0) is 11.3 Å². The predicted octanol–water partition coefficient (Wildman–Crippen LogP) is 5.03. The van der Waals surface area contributed by atoms with Crippen molar-refractivity contribution in [2.75, 3.05) is 12.4 Å². The molecule has 150 valence electrons. The number of nitrogens with one attached hydrogen (secondary N) is 1. The zero-order valence-corrected chi connectivity index (χ0v) is 17.7. The van der Waals surface area contributed by atoms with Crippen LogP contribution in [-0.4, -0.2) is 24.0 Å². The van der Waals surface area contributed by atoms with E-state index in [0.29, 0.717) is 37.6 Å². The van der Waals surface area contributed by atoms with Gasteiger partial charge in [-0.25, -0.2) is 9.78 Å². The number of aryl methyl sites for hydroxylation is 2. The molecule has 1 N–H and O–H groups in total. The first-order valence-electron chi connectivity index (χ1n) is 8.72. The van der Waals surface area contributed by atoms with Gasteiger partial charge in [0.25, 0.3) is 5.91 Å². The Balaban J connectivity index is 1.68. The molecule has 1 heterocycles. The minimum absolute atomic E-state index is 0.257. The van der Waals surface area contributed by atoms with Crippen LogP contribution in [0.15, 0.2) is 42.5 Å². The number of hydrogen-bond acceptors (Lipinski definition) is 6. The monoisotopic (exact) mass is 430 g/mol. The Morgan fingerprint density at radius 2 is 1.86 bits per heavy atom. The summed E-state index contributed by atoms with van der Waals surface area (Å²) >= 11 is 7.14. The summed E-state index contributed by atoms with van der Waals surface area (Å²) in [5, 5.41) is 4.20. The SMILES string of the molecule is COC(=O)c1ccc(NC(=O)c2sc(COc3ccc(Cl)cc3)nc2C)c(C)c1. The maximum atomic E-state index is 12.7. The first-order chi connectivity index (χ1) is 13.9. The molecule has 0 atom stereocenters. The van der Waals surface area contributed by atoms with E-state index in [-0.39, 0.29) is 12.5 Å². The van der Waals surface area contributed by atoms with Gasteiger partial charge in [-0.2, -0.15) is 0 Å². The second kappa shape index (κ2) is 9.07. The molecule has 3 rings (SSSR count). The number of hydrogen-bond donors (Lipinski definition) is 1. The summed E-state index contributed by atoms with van der Waals surface area (Å²) in [4.78, 5) is 29.2. The van der Waals surface area contributed by atoms with Crippen molar-refractivity contribution in [3.05, 3.63) is 74.2 Å². The molecule has 1 aromatic heterocycles. The van der Waals surface area contributed by atoms with Crippen LogP contribution in [0.3, 0.4) is 0 Å². The van der Waals surface area contributed by atoms with Crippen LogP contribution < -0.4 is 10.1 Å². The van der Waals surface area contributed by atoms with Gasteiger partial charge >= 0.3 is 5.97 Å². The Morgan fingerprint density at radius 1 is 1.14 bits per heavy atom. The number of halogens is 1. The molecule has 0 aliphatic carbocycles. The van der Waals surface area contributed by atoms with E-state index in [4.69, 9.17) is 21.1 Å². The molecule has 0 aliphatic rings. The lowest BCUT2D eigenvalue weighted by Crippen LogP contribution is -2.13. The predicted molar refractivity (Wildman–Crippen MR) is 113 cm³/mol. The van der Waals surface area contributed by atoms with Crippen LogP contribution >= 0.6 is 22.9 Å². The fourth-order valence-electron chi connectivity index (χ4n) is 2.63. The van der Waals surface area contributed by atoms with Gasteiger partial charge in [-0.1, -0.05) is 11.6 Å². The first-order valence-corrected chi connectivity index (χ1v) is 9.92. The molecule has 2 aromatic carbocycles. The molecule has 0 bridgehead atoms. The molecular weight excluding hydrogens is 412 g/mol. The molecule has 0 spiro atoms. The molecule has 29 heavy (non-hydrogen) atoms. The molecular formula is C21H19ClN2O4S. The summed E-state index contributed by atoms with van der Waals surface area (Å²) in [6.07, 6.45) is 0. The number of carbonyl (C=O) groups excluding carboxylic acids is 2. The van der Waals surface area contributed by atoms with E-state index in [0.717, 1.165) is 5.56 Å². The number of thiazole rings is 1. The molecule has 8 heteroatoms. The number of benzene rings is 2. The highest BCUT2D eigenvalue weighted by atomic mass is 35.5. The number of rotatable bonds is 6.